The topological polar surface area (TPSA) is 95.9 Å². The Morgan fingerprint density at radius 3 is 0.887 bits per heavy atom. The van der Waals surface area contributed by atoms with E-state index in [4.69, 9.17) is 4.74 Å². The smallest absolute Gasteiger partial charge is 0.305 e. The summed E-state index contributed by atoms with van der Waals surface area (Å²) in [6, 6.07) is -0.548. The van der Waals surface area contributed by atoms with Gasteiger partial charge in [0.15, 0.2) is 0 Å². The lowest BCUT2D eigenvalue weighted by atomic mass is 10.0. The second-order valence-corrected chi connectivity index (χ2v) is 25.6. The fourth-order valence-electron chi connectivity index (χ4n) is 11.9. The molecule has 0 aromatic rings. The number of rotatable bonds is 70. The number of hydrogen-bond acceptors (Lipinski definition) is 5. The van der Waals surface area contributed by atoms with Gasteiger partial charge in [0.25, 0.3) is 0 Å². The molecule has 0 fully saturated rings. The van der Waals surface area contributed by atoms with E-state index in [0.717, 1.165) is 38.5 Å². The van der Waals surface area contributed by atoms with E-state index in [0.29, 0.717) is 25.9 Å². The van der Waals surface area contributed by atoms with Crippen LogP contribution in [-0.2, 0) is 14.3 Å². The summed E-state index contributed by atoms with van der Waals surface area (Å²) in [7, 11) is 0. The Bertz CT molecular complexity index is 1210. The van der Waals surface area contributed by atoms with Crippen molar-refractivity contribution < 1.29 is 24.5 Å². The van der Waals surface area contributed by atoms with Crippen LogP contribution in [0, 0.1) is 0 Å². The maximum absolute atomic E-state index is 12.6. The van der Waals surface area contributed by atoms with Gasteiger partial charge in [-0.05, 0) is 51.4 Å². The number of esters is 1. The standard InChI is InChI=1S/C74H145NO5/c1-3-5-7-9-11-13-15-17-19-21-22-23-24-25-26-28-31-35-38-42-46-50-54-58-62-66-72(77)71(70-76)75-73(78)67-63-59-55-51-47-43-39-36-32-29-27-30-33-37-41-45-49-53-57-61-65-69-80-74(79)68-64-60-56-52-48-44-40-34-20-18-16-14-12-10-8-6-4-2/h29,32,71-72,76-77H,3-28,30-31,33-70H2,1-2H3,(H,75,78)/b32-29-. The first-order chi connectivity index (χ1) is 39.5. The van der Waals surface area contributed by atoms with Crippen molar-refractivity contribution >= 4 is 11.9 Å². The number of ether oxygens (including phenoxy) is 1. The second-order valence-electron chi connectivity index (χ2n) is 25.6. The molecule has 0 saturated carbocycles. The molecule has 0 heterocycles. The first-order valence-electron chi connectivity index (χ1n) is 36.9. The van der Waals surface area contributed by atoms with E-state index < -0.39 is 12.1 Å². The summed E-state index contributed by atoms with van der Waals surface area (Å²) in [6.45, 7) is 5.00. The van der Waals surface area contributed by atoms with Gasteiger partial charge in [-0.15, -0.1) is 0 Å². The van der Waals surface area contributed by atoms with Gasteiger partial charge in [0, 0.05) is 12.8 Å². The fourth-order valence-corrected chi connectivity index (χ4v) is 11.9. The SMILES string of the molecule is CCCCCCCCCCCCCCCCCCCCCCCCCCCC(O)C(CO)NC(=O)CCCCCCCCC/C=C\CCCCCCCCCCCCOC(=O)CCCCCCCCCCCCCCCCCCC. The normalized spacial score (nSPS) is 12.5. The van der Waals surface area contributed by atoms with Gasteiger partial charge in [-0.25, -0.2) is 0 Å². The van der Waals surface area contributed by atoms with Gasteiger partial charge in [-0.1, -0.05) is 373 Å². The van der Waals surface area contributed by atoms with Crippen LogP contribution < -0.4 is 5.32 Å². The first-order valence-corrected chi connectivity index (χ1v) is 36.9. The van der Waals surface area contributed by atoms with Gasteiger partial charge in [0.05, 0.1) is 25.4 Å². The van der Waals surface area contributed by atoms with E-state index in [1.807, 2.05) is 0 Å². The van der Waals surface area contributed by atoms with Crippen molar-refractivity contribution in [1.29, 1.82) is 0 Å². The lowest BCUT2D eigenvalue weighted by Gasteiger charge is -2.22. The number of carbonyl (C=O) groups excluding carboxylic acids is 2. The molecule has 80 heavy (non-hydrogen) atoms. The quantitative estimate of drug-likeness (QED) is 0.0320. The van der Waals surface area contributed by atoms with Crippen LogP contribution in [0.1, 0.15) is 425 Å². The molecule has 0 aliphatic rings. The van der Waals surface area contributed by atoms with Crippen LogP contribution in [0.5, 0.6) is 0 Å². The van der Waals surface area contributed by atoms with Crippen molar-refractivity contribution in [3.63, 3.8) is 0 Å². The molecule has 1 amide bonds. The zero-order valence-electron chi connectivity index (χ0n) is 54.6. The summed E-state index contributed by atoms with van der Waals surface area (Å²) >= 11 is 0. The van der Waals surface area contributed by atoms with Gasteiger partial charge in [0.1, 0.15) is 0 Å². The molecule has 0 aliphatic carbocycles. The largest absolute Gasteiger partial charge is 0.466 e. The highest BCUT2D eigenvalue weighted by atomic mass is 16.5. The molecule has 6 nitrogen and oxygen atoms in total. The Kier molecular flexibility index (Phi) is 68.9. The van der Waals surface area contributed by atoms with Gasteiger partial charge in [-0.2, -0.15) is 0 Å². The molecule has 2 unspecified atom stereocenters. The molecule has 0 radical (unpaired) electrons. The molecule has 2 atom stereocenters. The van der Waals surface area contributed by atoms with E-state index in [9.17, 15) is 19.8 Å². The summed E-state index contributed by atoms with van der Waals surface area (Å²) in [5, 5.41) is 23.5. The molecular formula is C74H145NO5. The van der Waals surface area contributed by atoms with Crippen LogP contribution >= 0.6 is 0 Å². The molecule has 6 heteroatoms. The van der Waals surface area contributed by atoms with Gasteiger partial charge >= 0.3 is 5.97 Å². The van der Waals surface area contributed by atoms with E-state index in [-0.39, 0.29) is 18.5 Å². The third-order valence-electron chi connectivity index (χ3n) is 17.6. The molecule has 0 saturated heterocycles. The Balaban J connectivity index is 3.40. The summed E-state index contributed by atoms with van der Waals surface area (Å²) in [4.78, 5) is 24.7. The third-order valence-corrected chi connectivity index (χ3v) is 17.6. The zero-order chi connectivity index (χ0) is 57.8. The molecule has 0 aliphatic heterocycles. The lowest BCUT2D eigenvalue weighted by Crippen LogP contribution is -2.45. The molecule has 476 valence electrons. The van der Waals surface area contributed by atoms with Crippen molar-refractivity contribution in [3.8, 4) is 0 Å². The number of carbonyl (C=O) groups is 2. The molecule has 0 bridgehead atoms. The maximum Gasteiger partial charge on any atom is 0.305 e. The van der Waals surface area contributed by atoms with Crippen molar-refractivity contribution in [2.24, 2.45) is 0 Å². The van der Waals surface area contributed by atoms with Crippen LogP contribution in [0.2, 0.25) is 0 Å². The average Bonchev–Trinajstić information content (AvgIpc) is 3.46. The number of aliphatic hydroxyl groups excluding tert-OH is 2. The molecule has 0 aromatic carbocycles. The Morgan fingerprint density at radius 1 is 0.338 bits per heavy atom. The Morgan fingerprint density at radius 2 is 0.588 bits per heavy atom. The van der Waals surface area contributed by atoms with Crippen molar-refractivity contribution in [2.75, 3.05) is 13.2 Å². The summed E-state index contributed by atoms with van der Waals surface area (Å²) in [5.41, 5.74) is 0. The van der Waals surface area contributed by atoms with Crippen molar-refractivity contribution in [1.82, 2.24) is 5.32 Å². The van der Waals surface area contributed by atoms with Gasteiger partial charge < -0.3 is 20.3 Å². The minimum Gasteiger partial charge on any atom is -0.466 e. The predicted octanol–water partition coefficient (Wildman–Crippen LogP) is 23.9. The predicted molar refractivity (Wildman–Crippen MR) is 352 cm³/mol. The van der Waals surface area contributed by atoms with E-state index >= 15 is 0 Å². The van der Waals surface area contributed by atoms with E-state index in [1.165, 1.54) is 353 Å². The Hall–Kier alpha value is -1.40. The molecule has 0 aromatic heterocycles. The van der Waals surface area contributed by atoms with E-state index in [2.05, 4.69) is 31.3 Å². The highest BCUT2D eigenvalue weighted by molar-refractivity contribution is 5.76. The number of unbranched alkanes of at least 4 members (excludes halogenated alkanes) is 57. The number of nitrogens with one attached hydrogen (secondary N) is 1. The molecule has 3 N–H and O–H groups in total. The number of amides is 1. The molecular weight excluding hydrogens is 983 g/mol. The average molecular weight is 1130 g/mol. The maximum atomic E-state index is 12.6. The zero-order valence-corrected chi connectivity index (χ0v) is 54.6. The fraction of sp³-hybridized carbons (Fsp3) is 0.946. The van der Waals surface area contributed by atoms with Gasteiger partial charge in [0.2, 0.25) is 5.91 Å². The summed E-state index contributed by atoms with van der Waals surface area (Å²) in [6.07, 6.45) is 86.9. The van der Waals surface area contributed by atoms with Crippen molar-refractivity contribution in [3.05, 3.63) is 12.2 Å². The number of aliphatic hydroxyl groups is 2. The monoisotopic (exact) mass is 1130 g/mol. The first kappa shape index (κ1) is 78.6. The highest BCUT2D eigenvalue weighted by Gasteiger charge is 2.20. The van der Waals surface area contributed by atoms with Gasteiger partial charge in [-0.3, -0.25) is 9.59 Å². The highest BCUT2D eigenvalue weighted by Crippen LogP contribution is 2.20. The van der Waals surface area contributed by atoms with E-state index in [1.54, 1.807) is 0 Å². The molecule has 0 spiro atoms. The van der Waals surface area contributed by atoms with Crippen LogP contribution in [0.15, 0.2) is 12.2 Å². The minimum absolute atomic E-state index is 0.0137. The lowest BCUT2D eigenvalue weighted by molar-refractivity contribution is -0.143. The summed E-state index contributed by atoms with van der Waals surface area (Å²) in [5.74, 6) is -0.0234. The molecule has 0 rings (SSSR count). The summed E-state index contributed by atoms with van der Waals surface area (Å²) < 4.78 is 5.50. The van der Waals surface area contributed by atoms with Crippen molar-refractivity contribution in [2.45, 2.75) is 437 Å². The third kappa shape index (κ3) is 65.7. The second kappa shape index (κ2) is 70.1. The minimum atomic E-state index is -0.670. The van der Waals surface area contributed by atoms with Crippen LogP contribution in [0.3, 0.4) is 0 Å². The van der Waals surface area contributed by atoms with Crippen LogP contribution in [0.25, 0.3) is 0 Å². The Labute approximate surface area is 501 Å². The number of allylic oxidation sites excluding steroid dienone is 2. The number of hydrogen-bond donors (Lipinski definition) is 3. The van der Waals surface area contributed by atoms with Crippen LogP contribution in [0.4, 0.5) is 0 Å². The van der Waals surface area contributed by atoms with Crippen LogP contribution in [-0.4, -0.2) is 47.4 Å².